The minimum Gasteiger partial charge on any atom is -0.452 e. The van der Waals surface area contributed by atoms with Gasteiger partial charge >= 0.3 is 0 Å². The van der Waals surface area contributed by atoms with Crippen LogP contribution in [-0.2, 0) is 0 Å². The molecule has 6 heteroatoms. The fourth-order valence-corrected chi connectivity index (χ4v) is 1.67. The Morgan fingerprint density at radius 1 is 1.00 bits per heavy atom. The van der Waals surface area contributed by atoms with Gasteiger partial charge in [0.1, 0.15) is 6.26 Å². The van der Waals surface area contributed by atoms with Crippen LogP contribution >= 0.6 is 0 Å². The molecule has 0 fully saturated rings. The zero-order chi connectivity index (χ0) is 15.8. The summed E-state index contributed by atoms with van der Waals surface area (Å²) in [6.45, 7) is 0. The van der Waals surface area contributed by atoms with Crippen LogP contribution in [0.5, 0.6) is 0 Å². The number of rotatable bonds is 3. The molecule has 0 aliphatic heterocycles. The topological polar surface area (TPSA) is 86.2 Å². The molecule has 0 spiro atoms. The van der Waals surface area contributed by atoms with E-state index in [0.29, 0.717) is 11.1 Å². The smallest absolute Gasteiger partial charge is 0.269 e. The summed E-state index contributed by atoms with van der Waals surface area (Å²) in [6, 6.07) is 14.4. The molecule has 3 rings (SSSR count). The van der Waals surface area contributed by atoms with Crippen LogP contribution in [0, 0.1) is 10.1 Å². The molecule has 0 radical (unpaired) electrons. The molecule has 0 atom stereocenters. The molecule has 22 heavy (non-hydrogen) atoms. The van der Waals surface area contributed by atoms with Crippen LogP contribution in [0.4, 0.5) is 5.69 Å². The summed E-state index contributed by atoms with van der Waals surface area (Å²) < 4.78 is 4.47. The molecule has 0 saturated carbocycles. The van der Waals surface area contributed by atoms with E-state index < -0.39 is 4.92 Å². The number of non-ortho nitro benzene ring substituents is 1. The summed E-state index contributed by atoms with van der Waals surface area (Å²) in [5.41, 5.74) is 0.998. The second kappa shape index (κ2) is 7.49. The Balaban J connectivity index is 0.000000299. The fourth-order valence-electron chi connectivity index (χ4n) is 1.67. The van der Waals surface area contributed by atoms with Gasteiger partial charge in [-0.05, 0) is 12.1 Å². The first kappa shape index (κ1) is 15.1. The van der Waals surface area contributed by atoms with Gasteiger partial charge in [0.05, 0.1) is 11.1 Å². The van der Waals surface area contributed by atoms with Crippen molar-refractivity contribution in [2.45, 2.75) is 0 Å². The third-order valence-electron chi connectivity index (χ3n) is 2.72. The lowest BCUT2D eigenvalue weighted by molar-refractivity contribution is -0.384. The first-order valence-electron chi connectivity index (χ1n) is 6.35. The predicted octanol–water partition coefficient (Wildman–Crippen LogP) is 3.50. The van der Waals surface area contributed by atoms with Crippen LogP contribution in [-0.4, -0.2) is 15.7 Å². The molecule has 0 N–H and O–H groups in total. The number of oxazole rings is 1. The first-order valence-corrected chi connectivity index (χ1v) is 6.35. The van der Waals surface area contributed by atoms with Crippen LogP contribution in [0.15, 0.2) is 77.9 Å². The van der Waals surface area contributed by atoms with Crippen molar-refractivity contribution in [2.75, 3.05) is 0 Å². The minimum absolute atomic E-state index is 0.0189. The predicted molar refractivity (Wildman–Crippen MR) is 79.5 cm³/mol. The van der Waals surface area contributed by atoms with Crippen molar-refractivity contribution in [1.29, 1.82) is 0 Å². The molecule has 1 aromatic heterocycles. The number of hydrogen-bond acceptors (Lipinski definition) is 5. The van der Waals surface area contributed by atoms with Crippen molar-refractivity contribution >= 4 is 11.5 Å². The lowest BCUT2D eigenvalue weighted by Crippen LogP contribution is -2.00. The molecule has 0 unspecified atom stereocenters. The number of aromatic nitrogens is 1. The average molecular weight is 296 g/mol. The van der Waals surface area contributed by atoms with E-state index in [1.165, 1.54) is 36.9 Å². The van der Waals surface area contributed by atoms with Gasteiger partial charge in [0, 0.05) is 23.3 Å². The normalized spacial score (nSPS) is 9.45. The van der Waals surface area contributed by atoms with Crippen LogP contribution in [0.1, 0.15) is 15.9 Å². The highest BCUT2D eigenvalue weighted by Gasteiger charge is 2.10. The number of nitrogens with zero attached hydrogens (tertiary/aromatic N) is 2. The number of carbonyl (C=O) groups excluding carboxylic acids is 1. The summed E-state index contributed by atoms with van der Waals surface area (Å²) in [7, 11) is 0. The van der Waals surface area contributed by atoms with Crippen molar-refractivity contribution in [3.63, 3.8) is 0 Å². The van der Waals surface area contributed by atoms with Gasteiger partial charge in [-0.1, -0.05) is 30.3 Å². The summed E-state index contributed by atoms with van der Waals surface area (Å²) in [4.78, 5) is 25.5. The number of carbonyl (C=O) groups is 1. The van der Waals surface area contributed by atoms with Gasteiger partial charge in [-0.2, -0.15) is 0 Å². The van der Waals surface area contributed by atoms with Crippen LogP contribution in [0.25, 0.3) is 0 Å². The maximum Gasteiger partial charge on any atom is 0.269 e. The molecule has 0 aliphatic rings. The number of nitro benzene ring substituents is 1. The van der Waals surface area contributed by atoms with Crippen molar-refractivity contribution in [3.05, 3.63) is 94.7 Å². The molecule has 110 valence electrons. The molecular weight excluding hydrogens is 284 g/mol. The molecule has 3 aromatic rings. The molecule has 2 aromatic carbocycles. The fraction of sp³-hybridized carbons (Fsp3) is 0. The standard InChI is InChI=1S/C13H9NO3.C3H3NO/c15-13(10-4-2-1-3-5-10)11-6-8-12(9-7-11)14(16)17;1-2-5-3-4-1/h1-9H;1-3H. The van der Waals surface area contributed by atoms with Crippen molar-refractivity contribution in [3.8, 4) is 0 Å². The van der Waals surface area contributed by atoms with Gasteiger partial charge in [0.25, 0.3) is 5.69 Å². The van der Waals surface area contributed by atoms with Gasteiger partial charge in [-0.15, -0.1) is 0 Å². The Hall–Kier alpha value is -3.28. The molecule has 0 amide bonds. The van der Waals surface area contributed by atoms with Gasteiger partial charge in [0.2, 0.25) is 0 Å². The number of ketones is 1. The monoisotopic (exact) mass is 296 g/mol. The highest BCUT2D eigenvalue weighted by atomic mass is 16.6. The Kier molecular flexibility index (Phi) is 5.15. The van der Waals surface area contributed by atoms with Gasteiger partial charge in [0.15, 0.2) is 12.2 Å². The van der Waals surface area contributed by atoms with E-state index in [4.69, 9.17) is 0 Å². The Bertz CT molecular complexity index is 705. The Morgan fingerprint density at radius 2 is 1.64 bits per heavy atom. The third-order valence-corrected chi connectivity index (χ3v) is 2.72. The molecular formula is C16H12N2O4. The van der Waals surface area contributed by atoms with E-state index in [1.807, 2.05) is 6.07 Å². The van der Waals surface area contributed by atoms with E-state index in [0.717, 1.165) is 0 Å². The lowest BCUT2D eigenvalue weighted by Gasteiger charge is -2.00. The van der Waals surface area contributed by atoms with E-state index in [1.54, 1.807) is 30.5 Å². The molecule has 0 aliphatic carbocycles. The zero-order valence-electron chi connectivity index (χ0n) is 11.5. The molecule has 0 bridgehead atoms. The van der Waals surface area contributed by atoms with E-state index in [2.05, 4.69) is 9.40 Å². The van der Waals surface area contributed by atoms with Gasteiger partial charge in [-0.3, -0.25) is 14.9 Å². The summed E-state index contributed by atoms with van der Waals surface area (Å²) in [6.07, 6.45) is 4.47. The van der Waals surface area contributed by atoms with Gasteiger partial charge in [-0.25, -0.2) is 4.98 Å². The van der Waals surface area contributed by atoms with Crippen LogP contribution < -0.4 is 0 Å². The number of hydrogen-bond donors (Lipinski definition) is 0. The van der Waals surface area contributed by atoms with Crippen molar-refractivity contribution < 1.29 is 14.1 Å². The third kappa shape index (κ3) is 4.11. The second-order valence-corrected chi connectivity index (χ2v) is 4.17. The van der Waals surface area contributed by atoms with Gasteiger partial charge < -0.3 is 4.42 Å². The Morgan fingerprint density at radius 3 is 2.09 bits per heavy atom. The largest absolute Gasteiger partial charge is 0.452 e. The molecule has 0 saturated heterocycles. The lowest BCUT2D eigenvalue weighted by atomic mass is 10.0. The summed E-state index contributed by atoms with van der Waals surface area (Å²) in [5, 5.41) is 10.5. The highest BCUT2D eigenvalue weighted by molar-refractivity contribution is 6.09. The minimum atomic E-state index is -0.489. The zero-order valence-corrected chi connectivity index (χ0v) is 11.5. The maximum atomic E-state index is 12.0. The molecule has 1 heterocycles. The number of benzene rings is 2. The van der Waals surface area contributed by atoms with E-state index in [9.17, 15) is 14.9 Å². The number of nitro groups is 1. The van der Waals surface area contributed by atoms with Crippen LogP contribution in [0.3, 0.4) is 0 Å². The van der Waals surface area contributed by atoms with E-state index in [-0.39, 0.29) is 11.5 Å². The second-order valence-electron chi connectivity index (χ2n) is 4.17. The SMILES string of the molecule is O=C(c1ccccc1)c1ccc([N+](=O)[O-])cc1.c1cocn1. The first-order chi connectivity index (χ1) is 10.7. The Labute approximate surface area is 126 Å². The summed E-state index contributed by atoms with van der Waals surface area (Å²) in [5.74, 6) is -0.138. The maximum absolute atomic E-state index is 12.0. The van der Waals surface area contributed by atoms with Crippen LogP contribution in [0.2, 0.25) is 0 Å². The van der Waals surface area contributed by atoms with E-state index >= 15 is 0 Å². The quantitative estimate of drug-likeness (QED) is 0.419. The summed E-state index contributed by atoms with van der Waals surface area (Å²) >= 11 is 0. The molecule has 6 nitrogen and oxygen atoms in total. The van der Waals surface area contributed by atoms with Crippen molar-refractivity contribution in [1.82, 2.24) is 4.98 Å². The average Bonchev–Trinajstić information content (AvgIpc) is 3.15. The van der Waals surface area contributed by atoms with Crippen molar-refractivity contribution in [2.24, 2.45) is 0 Å². The highest BCUT2D eigenvalue weighted by Crippen LogP contribution is 2.15.